The van der Waals surface area contributed by atoms with E-state index in [-0.39, 0.29) is 0 Å². The lowest BCUT2D eigenvalue weighted by atomic mass is 10.3. The number of ether oxygens (including phenoxy) is 1. The zero-order valence-corrected chi connectivity index (χ0v) is 8.42. The van der Waals surface area contributed by atoms with Gasteiger partial charge in [0, 0.05) is 25.7 Å². The molecule has 5 nitrogen and oxygen atoms in total. The van der Waals surface area contributed by atoms with Crippen molar-refractivity contribution in [3.05, 3.63) is 11.8 Å². The fraction of sp³-hybridized carbons (Fsp3) is 0.667. The Morgan fingerprint density at radius 2 is 2.36 bits per heavy atom. The highest BCUT2D eigenvalue weighted by Gasteiger charge is 2.13. The highest BCUT2D eigenvalue weighted by Crippen LogP contribution is 2.13. The Kier molecular flexibility index (Phi) is 3.00. The molecule has 5 heteroatoms. The first-order chi connectivity index (χ1) is 6.90. The molecule has 2 N–H and O–H groups in total. The van der Waals surface area contributed by atoms with Gasteiger partial charge in [0.25, 0.3) is 0 Å². The van der Waals surface area contributed by atoms with Crippen molar-refractivity contribution in [2.45, 2.75) is 6.54 Å². The smallest absolute Gasteiger partial charge is 0.150 e. The van der Waals surface area contributed by atoms with Gasteiger partial charge in [0.15, 0.2) is 5.82 Å². The van der Waals surface area contributed by atoms with E-state index in [1.165, 1.54) is 0 Å². The van der Waals surface area contributed by atoms with Gasteiger partial charge in [-0.3, -0.25) is 5.10 Å². The second-order valence-electron chi connectivity index (χ2n) is 3.38. The van der Waals surface area contributed by atoms with Crippen LogP contribution in [0.1, 0.15) is 5.69 Å². The quantitative estimate of drug-likeness (QED) is 0.712. The maximum absolute atomic E-state index is 5.28. The first-order valence-corrected chi connectivity index (χ1v) is 4.92. The van der Waals surface area contributed by atoms with E-state index in [4.69, 9.17) is 4.74 Å². The number of aromatic amines is 1. The Bertz CT molecular complexity index is 280. The van der Waals surface area contributed by atoms with Crippen LogP contribution in [0, 0.1) is 0 Å². The van der Waals surface area contributed by atoms with Crippen LogP contribution in [0.3, 0.4) is 0 Å². The molecule has 1 aliphatic rings. The lowest BCUT2D eigenvalue weighted by molar-refractivity contribution is 0.122. The minimum atomic E-state index is 0.800. The number of hydrogen-bond donors (Lipinski definition) is 2. The standard InChI is InChI=1S/C9H16N4O/c1-10-7-8-6-9(12-11-8)13-2-4-14-5-3-13/h6,10H,2-5,7H2,1H3,(H,11,12). The molecule has 0 radical (unpaired) electrons. The van der Waals surface area contributed by atoms with Crippen LogP contribution in [-0.2, 0) is 11.3 Å². The fourth-order valence-corrected chi connectivity index (χ4v) is 1.58. The van der Waals surface area contributed by atoms with E-state index in [1.54, 1.807) is 0 Å². The van der Waals surface area contributed by atoms with E-state index >= 15 is 0 Å². The second kappa shape index (κ2) is 4.43. The molecule has 1 aromatic heterocycles. The summed E-state index contributed by atoms with van der Waals surface area (Å²) in [6.45, 7) is 4.30. The Morgan fingerprint density at radius 1 is 1.57 bits per heavy atom. The first-order valence-electron chi connectivity index (χ1n) is 4.92. The number of H-pyrrole nitrogens is 1. The molecule has 1 fully saturated rings. The number of morpholine rings is 1. The van der Waals surface area contributed by atoms with Gasteiger partial charge in [0.2, 0.25) is 0 Å². The van der Waals surface area contributed by atoms with E-state index in [0.717, 1.165) is 44.4 Å². The fourth-order valence-electron chi connectivity index (χ4n) is 1.58. The molecular weight excluding hydrogens is 180 g/mol. The van der Waals surface area contributed by atoms with Gasteiger partial charge in [-0.05, 0) is 7.05 Å². The number of nitrogens with zero attached hydrogens (tertiary/aromatic N) is 2. The summed E-state index contributed by atoms with van der Waals surface area (Å²) in [6.07, 6.45) is 0. The molecule has 2 rings (SSSR count). The third-order valence-corrected chi connectivity index (χ3v) is 2.32. The van der Waals surface area contributed by atoms with Gasteiger partial charge in [-0.25, -0.2) is 0 Å². The van der Waals surface area contributed by atoms with E-state index in [1.807, 2.05) is 7.05 Å². The lowest BCUT2D eigenvalue weighted by Gasteiger charge is -2.26. The van der Waals surface area contributed by atoms with Gasteiger partial charge in [-0.15, -0.1) is 0 Å². The Balaban J connectivity index is 2.00. The molecule has 0 unspecified atom stereocenters. The summed E-state index contributed by atoms with van der Waals surface area (Å²) in [4.78, 5) is 2.24. The molecule has 0 atom stereocenters. The number of anilines is 1. The van der Waals surface area contributed by atoms with Crippen molar-refractivity contribution in [1.82, 2.24) is 15.5 Å². The maximum atomic E-state index is 5.28. The second-order valence-corrected chi connectivity index (χ2v) is 3.38. The van der Waals surface area contributed by atoms with Crippen LogP contribution in [0.5, 0.6) is 0 Å². The molecule has 1 aromatic rings. The van der Waals surface area contributed by atoms with Gasteiger partial charge >= 0.3 is 0 Å². The summed E-state index contributed by atoms with van der Waals surface area (Å²) in [5.41, 5.74) is 1.12. The summed E-state index contributed by atoms with van der Waals surface area (Å²) in [7, 11) is 1.93. The van der Waals surface area contributed by atoms with Crippen molar-refractivity contribution < 1.29 is 4.74 Å². The summed E-state index contributed by atoms with van der Waals surface area (Å²) in [5.74, 6) is 1.03. The minimum Gasteiger partial charge on any atom is -0.378 e. The van der Waals surface area contributed by atoms with Crippen molar-refractivity contribution in [2.24, 2.45) is 0 Å². The molecule has 0 spiro atoms. The molecule has 1 saturated heterocycles. The third-order valence-electron chi connectivity index (χ3n) is 2.32. The van der Waals surface area contributed by atoms with Crippen molar-refractivity contribution in [1.29, 1.82) is 0 Å². The summed E-state index contributed by atoms with van der Waals surface area (Å²) < 4.78 is 5.28. The van der Waals surface area contributed by atoms with E-state index < -0.39 is 0 Å². The molecule has 0 aromatic carbocycles. The monoisotopic (exact) mass is 196 g/mol. The number of nitrogens with one attached hydrogen (secondary N) is 2. The summed E-state index contributed by atoms with van der Waals surface area (Å²) >= 11 is 0. The molecule has 0 amide bonds. The summed E-state index contributed by atoms with van der Waals surface area (Å²) in [6, 6.07) is 2.09. The van der Waals surface area contributed by atoms with Gasteiger partial charge < -0.3 is 15.0 Å². The lowest BCUT2D eigenvalue weighted by Crippen LogP contribution is -2.36. The third kappa shape index (κ3) is 2.05. The zero-order valence-electron chi connectivity index (χ0n) is 8.42. The zero-order chi connectivity index (χ0) is 9.80. The van der Waals surface area contributed by atoms with Crippen LogP contribution < -0.4 is 10.2 Å². The van der Waals surface area contributed by atoms with Crippen LogP contribution >= 0.6 is 0 Å². The molecular formula is C9H16N4O. The van der Waals surface area contributed by atoms with Crippen LogP contribution in [0.4, 0.5) is 5.82 Å². The molecule has 0 bridgehead atoms. The minimum absolute atomic E-state index is 0.800. The highest BCUT2D eigenvalue weighted by atomic mass is 16.5. The normalized spacial score (nSPS) is 17.4. The average molecular weight is 196 g/mol. The van der Waals surface area contributed by atoms with Crippen molar-refractivity contribution in [3.63, 3.8) is 0 Å². The number of rotatable bonds is 3. The van der Waals surface area contributed by atoms with Gasteiger partial charge in [-0.1, -0.05) is 0 Å². The van der Waals surface area contributed by atoms with Crippen molar-refractivity contribution >= 4 is 5.82 Å². The molecule has 0 aliphatic carbocycles. The molecule has 0 saturated carbocycles. The highest BCUT2D eigenvalue weighted by molar-refractivity contribution is 5.39. The Morgan fingerprint density at radius 3 is 3.07 bits per heavy atom. The van der Waals surface area contributed by atoms with Crippen LogP contribution in [0.15, 0.2) is 6.07 Å². The Labute approximate surface area is 83.4 Å². The van der Waals surface area contributed by atoms with Gasteiger partial charge in [0.05, 0.1) is 18.9 Å². The van der Waals surface area contributed by atoms with E-state index in [9.17, 15) is 0 Å². The Hall–Kier alpha value is -1.07. The van der Waals surface area contributed by atoms with Crippen LogP contribution in [-0.4, -0.2) is 43.5 Å². The SMILES string of the molecule is CNCc1cc(N2CCOCC2)n[nH]1. The van der Waals surface area contributed by atoms with Crippen LogP contribution in [0.2, 0.25) is 0 Å². The molecule has 78 valence electrons. The molecule has 2 heterocycles. The first kappa shape index (κ1) is 9.48. The molecule has 1 aliphatic heterocycles. The van der Waals surface area contributed by atoms with E-state index in [0.29, 0.717) is 0 Å². The summed E-state index contributed by atoms with van der Waals surface area (Å²) in [5, 5.41) is 10.4. The number of aromatic nitrogens is 2. The van der Waals surface area contributed by atoms with Crippen LogP contribution in [0.25, 0.3) is 0 Å². The number of hydrogen-bond acceptors (Lipinski definition) is 4. The van der Waals surface area contributed by atoms with Crippen molar-refractivity contribution in [2.75, 3.05) is 38.3 Å². The predicted octanol–water partition coefficient (Wildman–Crippen LogP) is -0.0343. The van der Waals surface area contributed by atoms with E-state index in [2.05, 4.69) is 26.5 Å². The predicted molar refractivity (Wildman–Crippen MR) is 54.4 cm³/mol. The topological polar surface area (TPSA) is 53.2 Å². The maximum Gasteiger partial charge on any atom is 0.150 e. The van der Waals surface area contributed by atoms with Crippen molar-refractivity contribution in [3.8, 4) is 0 Å². The largest absolute Gasteiger partial charge is 0.378 e. The average Bonchev–Trinajstić information content (AvgIpc) is 2.68. The van der Waals surface area contributed by atoms with Gasteiger partial charge in [-0.2, -0.15) is 5.10 Å². The van der Waals surface area contributed by atoms with Gasteiger partial charge in [0.1, 0.15) is 0 Å². The molecule has 14 heavy (non-hydrogen) atoms.